The molecule has 3 aromatic rings. The van der Waals surface area contributed by atoms with E-state index in [1.165, 1.54) is 5.56 Å². The lowest BCUT2D eigenvalue weighted by atomic mass is 10.1. The Hall–Kier alpha value is -2.87. The Labute approximate surface area is 187 Å². The minimum Gasteiger partial charge on any atom is -0.372 e. The summed E-state index contributed by atoms with van der Waals surface area (Å²) in [6, 6.07) is 13.6. The number of fused-ring (bicyclic) bond motifs is 1. The van der Waals surface area contributed by atoms with Gasteiger partial charge in [0.2, 0.25) is 0 Å². The molecule has 8 heteroatoms. The maximum Gasteiger partial charge on any atom is 0.296 e. The number of ether oxygens (including phenoxy) is 1. The number of nitrogens with one attached hydrogen (secondary N) is 1. The first-order valence-corrected chi connectivity index (χ1v) is 10.6. The van der Waals surface area contributed by atoms with Gasteiger partial charge in [0.1, 0.15) is 5.69 Å². The summed E-state index contributed by atoms with van der Waals surface area (Å²) in [5.74, 6) is -0.842. The lowest BCUT2D eigenvalue weighted by Gasteiger charge is -2.20. The van der Waals surface area contributed by atoms with Crippen LogP contribution in [0.1, 0.15) is 41.0 Å². The van der Waals surface area contributed by atoms with Crippen LogP contribution >= 0.6 is 11.6 Å². The number of rotatable bonds is 9. The molecule has 0 fully saturated rings. The summed E-state index contributed by atoms with van der Waals surface area (Å²) in [5.41, 5.74) is 14.9. The van der Waals surface area contributed by atoms with Crippen molar-refractivity contribution in [1.82, 2.24) is 9.88 Å². The van der Waals surface area contributed by atoms with Crippen LogP contribution in [-0.4, -0.2) is 34.8 Å². The van der Waals surface area contributed by atoms with E-state index in [9.17, 15) is 4.79 Å². The van der Waals surface area contributed by atoms with Crippen LogP contribution in [0, 0.1) is 0 Å². The van der Waals surface area contributed by atoms with E-state index in [-0.39, 0.29) is 11.7 Å². The van der Waals surface area contributed by atoms with E-state index in [4.69, 9.17) is 27.8 Å². The molecule has 0 spiro atoms. The van der Waals surface area contributed by atoms with Crippen molar-refractivity contribution >= 4 is 34.4 Å². The first-order chi connectivity index (χ1) is 14.9. The van der Waals surface area contributed by atoms with Gasteiger partial charge in [0.05, 0.1) is 18.7 Å². The van der Waals surface area contributed by atoms with E-state index in [0.29, 0.717) is 18.2 Å². The molecule has 0 aliphatic heterocycles. The number of nitrogens with two attached hydrogens (primary N) is 2. The molecule has 3 rings (SSSR count). The fourth-order valence-electron chi connectivity index (χ4n) is 3.47. The summed E-state index contributed by atoms with van der Waals surface area (Å²) < 4.78 is 6.04. The second-order valence-electron chi connectivity index (χ2n) is 7.24. The van der Waals surface area contributed by atoms with Gasteiger partial charge >= 0.3 is 0 Å². The van der Waals surface area contributed by atoms with E-state index in [1.807, 2.05) is 12.1 Å². The first kappa shape index (κ1) is 22.8. The third-order valence-corrected chi connectivity index (χ3v) is 5.54. The normalized spacial score (nSPS) is 11.2. The number of benzene rings is 2. The van der Waals surface area contributed by atoms with Crippen molar-refractivity contribution in [2.75, 3.05) is 13.1 Å². The number of H-pyrrole nitrogens is 1. The van der Waals surface area contributed by atoms with Gasteiger partial charge in [-0.1, -0.05) is 55.8 Å². The fraction of sp³-hybridized carbons (Fsp3) is 0.304. The second-order valence-corrected chi connectivity index (χ2v) is 7.65. The van der Waals surface area contributed by atoms with Crippen LogP contribution in [0.2, 0.25) is 5.02 Å². The van der Waals surface area contributed by atoms with E-state index >= 15 is 0 Å². The molecule has 31 heavy (non-hydrogen) atoms. The lowest BCUT2D eigenvalue weighted by molar-refractivity contribution is 0.0998. The van der Waals surface area contributed by atoms with Crippen molar-refractivity contribution in [3.05, 3.63) is 69.9 Å². The average molecular weight is 442 g/mol. The highest BCUT2D eigenvalue weighted by Crippen LogP contribution is 2.28. The molecule has 2 aromatic carbocycles. The number of halogens is 1. The van der Waals surface area contributed by atoms with Crippen LogP contribution in [0.15, 0.2) is 47.5 Å². The molecule has 0 aliphatic rings. The van der Waals surface area contributed by atoms with Gasteiger partial charge in [-0.15, -0.1) is 0 Å². The summed E-state index contributed by atoms with van der Waals surface area (Å²) in [5, 5.41) is 1.25. The van der Waals surface area contributed by atoms with Gasteiger partial charge in [-0.3, -0.25) is 9.69 Å². The number of amides is 1. The van der Waals surface area contributed by atoms with Crippen LogP contribution < -0.4 is 11.5 Å². The zero-order chi connectivity index (χ0) is 22.4. The van der Waals surface area contributed by atoms with Gasteiger partial charge in [-0.05, 0) is 36.3 Å². The second kappa shape index (κ2) is 10.4. The Kier molecular flexibility index (Phi) is 7.68. The summed E-state index contributed by atoms with van der Waals surface area (Å²) in [6.45, 7) is 8.08. The number of carbonyl (C=O) groups is 1. The summed E-state index contributed by atoms with van der Waals surface area (Å²) in [6.07, 6.45) is 0. The van der Waals surface area contributed by atoms with Crippen LogP contribution in [-0.2, 0) is 24.5 Å². The largest absolute Gasteiger partial charge is 0.372 e. The minimum atomic E-state index is -0.551. The van der Waals surface area contributed by atoms with Gasteiger partial charge in [-0.25, -0.2) is 0 Å². The highest BCUT2D eigenvalue weighted by atomic mass is 35.5. The van der Waals surface area contributed by atoms with Crippen molar-refractivity contribution in [3.63, 3.8) is 0 Å². The zero-order valence-corrected chi connectivity index (χ0v) is 18.6. The van der Waals surface area contributed by atoms with Gasteiger partial charge in [0.15, 0.2) is 5.96 Å². The Morgan fingerprint density at radius 2 is 1.74 bits per heavy atom. The van der Waals surface area contributed by atoms with Gasteiger partial charge in [-0.2, -0.15) is 4.99 Å². The molecule has 0 bridgehead atoms. The number of carbonyl (C=O) groups excluding carboxylic acids is 1. The predicted molar refractivity (Wildman–Crippen MR) is 125 cm³/mol. The molecule has 0 saturated heterocycles. The smallest absolute Gasteiger partial charge is 0.296 e. The van der Waals surface area contributed by atoms with E-state index in [0.717, 1.165) is 41.7 Å². The Balaban J connectivity index is 1.77. The standard InChI is InChI=1S/C23H28ClN5O2/c1-3-29(4-2)12-15-7-5-6-8-16(15)13-31-14-17-9-10-19(24)18-11-20(27-21(17)18)22(30)28-23(25)26/h5-11,27H,3-4,12-14H2,1-2H3,(H4,25,26,28,30). The number of nitrogens with zero attached hydrogens (tertiary/aromatic N) is 2. The highest BCUT2D eigenvalue weighted by Gasteiger charge is 2.14. The molecule has 164 valence electrons. The van der Waals surface area contributed by atoms with E-state index in [1.54, 1.807) is 12.1 Å². The van der Waals surface area contributed by atoms with Crippen LogP contribution in [0.3, 0.4) is 0 Å². The molecule has 1 amide bonds. The fourth-order valence-corrected chi connectivity index (χ4v) is 3.68. The summed E-state index contributed by atoms with van der Waals surface area (Å²) in [7, 11) is 0. The minimum absolute atomic E-state index is 0.266. The molecule has 0 atom stereocenters. The van der Waals surface area contributed by atoms with Crippen molar-refractivity contribution in [1.29, 1.82) is 0 Å². The van der Waals surface area contributed by atoms with Crippen LogP contribution in [0.25, 0.3) is 10.9 Å². The lowest BCUT2D eigenvalue weighted by Crippen LogP contribution is -2.24. The molecule has 0 aliphatic carbocycles. The van der Waals surface area contributed by atoms with Gasteiger partial charge in [0.25, 0.3) is 5.91 Å². The topological polar surface area (TPSA) is 110 Å². The molecule has 7 nitrogen and oxygen atoms in total. The number of aromatic amines is 1. The maximum atomic E-state index is 12.2. The van der Waals surface area contributed by atoms with E-state index < -0.39 is 5.91 Å². The molecule has 0 unspecified atom stereocenters. The molecule has 1 aromatic heterocycles. The maximum absolute atomic E-state index is 12.2. The predicted octanol–water partition coefficient (Wildman–Crippen LogP) is 3.79. The van der Waals surface area contributed by atoms with Crippen molar-refractivity contribution in [3.8, 4) is 0 Å². The number of hydrogen-bond donors (Lipinski definition) is 3. The molecule has 0 saturated carbocycles. The number of guanidine groups is 1. The van der Waals surface area contributed by atoms with Crippen LogP contribution in [0.4, 0.5) is 0 Å². The third kappa shape index (κ3) is 5.64. The molecular weight excluding hydrogens is 414 g/mol. The quantitative estimate of drug-likeness (QED) is 0.345. The highest BCUT2D eigenvalue weighted by molar-refractivity contribution is 6.35. The van der Waals surface area contributed by atoms with Crippen molar-refractivity contribution in [2.24, 2.45) is 16.5 Å². The van der Waals surface area contributed by atoms with Crippen LogP contribution in [0.5, 0.6) is 0 Å². The molecule has 1 heterocycles. The van der Waals surface area contributed by atoms with Gasteiger partial charge < -0.3 is 21.2 Å². The van der Waals surface area contributed by atoms with Crippen molar-refractivity contribution < 1.29 is 9.53 Å². The average Bonchev–Trinajstić information content (AvgIpc) is 3.21. The SMILES string of the molecule is CCN(CC)Cc1ccccc1COCc1ccc(Cl)c2cc(C(=O)N=C(N)N)[nH]c12. The third-order valence-electron chi connectivity index (χ3n) is 5.21. The van der Waals surface area contributed by atoms with Gasteiger partial charge in [0, 0.05) is 22.5 Å². The molecule has 0 radical (unpaired) electrons. The summed E-state index contributed by atoms with van der Waals surface area (Å²) >= 11 is 6.32. The molecule has 5 N–H and O–H groups in total. The number of aliphatic imine (C=N–C) groups is 1. The monoisotopic (exact) mass is 441 g/mol. The Bertz CT molecular complexity index is 1080. The number of hydrogen-bond acceptors (Lipinski definition) is 3. The van der Waals surface area contributed by atoms with Crippen molar-refractivity contribution in [2.45, 2.75) is 33.6 Å². The number of aromatic nitrogens is 1. The summed E-state index contributed by atoms with van der Waals surface area (Å²) in [4.78, 5) is 21.2. The Morgan fingerprint density at radius 3 is 2.42 bits per heavy atom. The molecular formula is C23H28ClN5O2. The Morgan fingerprint density at radius 1 is 1.06 bits per heavy atom. The zero-order valence-electron chi connectivity index (χ0n) is 17.8. The van der Waals surface area contributed by atoms with E-state index in [2.05, 4.69) is 46.9 Å². The first-order valence-electron chi connectivity index (χ1n) is 10.2.